The van der Waals surface area contributed by atoms with E-state index >= 15 is 0 Å². The molecule has 1 amide bonds. The van der Waals surface area contributed by atoms with E-state index in [2.05, 4.69) is 31.0 Å². The van der Waals surface area contributed by atoms with Gasteiger partial charge in [-0.25, -0.2) is 4.39 Å². The number of carbonyl (C=O) groups is 1. The van der Waals surface area contributed by atoms with Crippen molar-refractivity contribution in [1.29, 1.82) is 0 Å². The fraction of sp³-hybridized carbons (Fsp3) is 0.238. The molecular weight excluding hydrogens is 381 g/mol. The third kappa shape index (κ3) is 5.02. The minimum absolute atomic E-state index is 0.191. The summed E-state index contributed by atoms with van der Waals surface area (Å²) < 4.78 is 20.7. The summed E-state index contributed by atoms with van der Waals surface area (Å²) in [4.78, 5) is 16.2. The van der Waals surface area contributed by atoms with E-state index < -0.39 is 5.82 Å². The summed E-state index contributed by atoms with van der Waals surface area (Å²) in [5.41, 5.74) is 2.85. The Labute approximate surface area is 167 Å². The molecule has 0 unspecified atom stereocenters. The zero-order valence-corrected chi connectivity index (χ0v) is 17.0. The van der Waals surface area contributed by atoms with Crippen LogP contribution in [0.1, 0.15) is 36.5 Å². The Balaban J connectivity index is 1.66. The van der Waals surface area contributed by atoms with Gasteiger partial charge in [0.25, 0.3) is 5.91 Å². The van der Waals surface area contributed by atoms with Gasteiger partial charge in [-0.1, -0.05) is 55.9 Å². The van der Waals surface area contributed by atoms with Crippen molar-refractivity contribution in [2.45, 2.75) is 26.4 Å². The molecule has 3 rings (SSSR count). The molecule has 0 fully saturated rings. The molecule has 0 atom stereocenters. The summed E-state index contributed by atoms with van der Waals surface area (Å²) in [7, 11) is 0. The minimum Gasteiger partial charge on any atom is -0.486 e. The molecule has 1 heterocycles. The molecule has 2 aromatic carbocycles. The van der Waals surface area contributed by atoms with Crippen molar-refractivity contribution < 1.29 is 13.9 Å². The molecule has 3 nitrogen and oxygen atoms in total. The summed E-state index contributed by atoms with van der Waals surface area (Å²) in [6, 6.07) is 12.8. The van der Waals surface area contributed by atoms with E-state index in [1.807, 2.05) is 18.4 Å². The molecule has 1 aliphatic heterocycles. The number of carbonyl (C=O) groups excluding carboxylic acids is 1. The summed E-state index contributed by atoms with van der Waals surface area (Å²) in [6.07, 6.45) is 3.52. The van der Waals surface area contributed by atoms with Crippen molar-refractivity contribution in [2.24, 2.45) is 4.99 Å². The lowest BCUT2D eigenvalue weighted by Gasteiger charge is -2.10. The molecule has 0 saturated carbocycles. The number of rotatable bonds is 5. The number of aliphatic imine (C=N–C) groups is 1. The van der Waals surface area contributed by atoms with Gasteiger partial charge < -0.3 is 4.74 Å². The normalized spacial score (nSPS) is 15.5. The van der Waals surface area contributed by atoms with Crippen molar-refractivity contribution in [3.8, 4) is 5.75 Å². The molecular formula is C21H20FNO2S2. The quantitative estimate of drug-likeness (QED) is 0.588. The number of hydrogen-bond donors (Lipinski definition) is 0. The second-order valence-electron chi connectivity index (χ2n) is 6.37. The van der Waals surface area contributed by atoms with Crippen molar-refractivity contribution in [3.63, 3.8) is 0 Å². The van der Waals surface area contributed by atoms with Gasteiger partial charge in [-0.05, 0) is 47.1 Å². The van der Waals surface area contributed by atoms with Crippen LogP contribution in [-0.4, -0.2) is 16.5 Å². The SMILES string of the molecule is CSC1=NC(=O)/C(=C/c2ccc(OCc3ccc(C(C)C)cc3)c(F)c2)S1. The van der Waals surface area contributed by atoms with Crippen molar-refractivity contribution in [1.82, 2.24) is 0 Å². The first-order valence-electron chi connectivity index (χ1n) is 8.54. The number of thioether (sulfide) groups is 2. The van der Waals surface area contributed by atoms with Gasteiger partial charge in [0.15, 0.2) is 11.6 Å². The highest BCUT2D eigenvalue weighted by molar-refractivity contribution is 8.40. The van der Waals surface area contributed by atoms with Crippen LogP contribution in [0.5, 0.6) is 5.75 Å². The van der Waals surface area contributed by atoms with E-state index in [0.717, 1.165) is 5.56 Å². The fourth-order valence-corrected chi connectivity index (χ4v) is 3.93. The van der Waals surface area contributed by atoms with Crippen LogP contribution < -0.4 is 4.74 Å². The Morgan fingerprint density at radius 3 is 2.56 bits per heavy atom. The zero-order valence-electron chi connectivity index (χ0n) is 15.4. The molecule has 0 bridgehead atoms. The fourth-order valence-electron chi connectivity index (χ4n) is 2.51. The number of hydrogen-bond acceptors (Lipinski definition) is 4. The van der Waals surface area contributed by atoms with Gasteiger partial charge in [0, 0.05) is 0 Å². The lowest BCUT2D eigenvalue weighted by atomic mass is 10.0. The third-order valence-electron chi connectivity index (χ3n) is 4.07. The van der Waals surface area contributed by atoms with E-state index in [1.54, 1.807) is 18.2 Å². The molecule has 0 aliphatic carbocycles. The number of halogens is 1. The van der Waals surface area contributed by atoms with Gasteiger partial charge in [-0.2, -0.15) is 4.99 Å². The van der Waals surface area contributed by atoms with E-state index in [-0.39, 0.29) is 11.7 Å². The standard InChI is InChI=1S/C21H20FNO2S2/c1-13(2)16-7-4-14(5-8-16)12-25-18-9-6-15(10-17(18)22)11-19-20(24)23-21(26-3)27-19/h4-11,13H,12H2,1-3H3/b19-11-. The van der Waals surface area contributed by atoms with Crippen LogP contribution in [0.2, 0.25) is 0 Å². The van der Waals surface area contributed by atoms with Gasteiger partial charge >= 0.3 is 0 Å². The number of benzene rings is 2. The molecule has 27 heavy (non-hydrogen) atoms. The maximum Gasteiger partial charge on any atom is 0.285 e. The van der Waals surface area contributed by atoms with E-state index in [4.69, 9.17) is 4.74 Å². The Hall–Kier alpha value is -2.05. The molecule has 0 saturated heterocycles. The highest BCUT2D eigenvalue weighted by Crippen LogP contribution is 2.33. The van der Waals surface area contributed by atoms with Crippen LogP contribution in [0.4, 0.5) is 4.39 Å². The summed E-state index contributed by atoms with van der Waals surface area (Å²) in [6.45, 7) is 4.59. The molecule has 2 aromatic rings. The highest BCUT2D eigenvalue weighted by Gasteiger charge is 2.21. The predicted octanol–water partition coefficient (Wildman–Crippen LogP) is 5.86. The molecule has 1 aliphatic rings. The predicted molar refractivity (Wildman–Crippen MR) is 113 cm³/mol. The Morgan fingerprint density at radius 2 is 1.96 bits per heavy atom. The second-order valence-corrected chi connectivity index (χ2v) is 8.46. The van der Waals surface area contributed by atoms with Crippen molar-refractivity contribution >= 4 is 39.9 Å². The maximum atomic E-state index is 14.4. The Kier molecular flexibility index (Phi) is 6.39. The van der Waals surface area contributed by atoms with Gasteiger partial charge in [0.05, 0.1) is 4.91 Å². The molecule has 140 valence electrons. The zero-order chi connectivity index (χ0) is 19.4. The third-order valence-corrected chi connectivity index (χ3v) is 6.04. The second kappa shape index (κ2) is 8.76. The average Bonchev–Trinajstić information content (AvgIpc) is 3.01. The Bertz CT molecular complexity index is 905. The number of amides is 1. The average molecular weight is 402 g/mol. The van der Waals surface area contributed by atoms with E-state index in [9.17, 15) is 9.18 Å². The Morgan fingerprint density at radius 1 is 1.22 bits per heavy atom. The van der Waals surface area contributed by atoms with Crippen LogP contribution >= 0.6 is 23.5 Å². The van der Waals surface area contributed by atoms with Crippen LogP contribution in [0.3, 0.4) is 0 Å². The topological polar surface area (TPSA) is 38.7 Å². The van der Waals surface area contributed by atoms with E-state index in [0.29, 0.717) is 27.4 Å². The van der Waals surface area contributed by atoms with Crippen LogP contribution in [0, 0.1) is 5.82 Å². The lowest BCUT2D eigenvalue weighted by Crippen LogP contribution is -1.98. The number of ether oxygens (including phenoxy) is 1. The van der Waals surface area contributed by atoms with Gasteiger partial charge in [-0.15, -0.1) is 11.8 Å². The summed E-state index contributed by atoms with van der Waals surface area (Å²) >= 11 is 2.73. The van der Waals surface area contributed by atoms with Gasteiger partial charge in [-0.3, -0.25) is 4.79 Å². The summed E-state index contributed by atoms with van der Waals surface area (Å²) in [5, 5.41) is 0. The molecule has 6 heteroatoms. The maximum absolute atomic E-state index is 14.4. The van der Waals surface area contributed by atoms with Crippen molar-refractivity contribution in [2.75, 3.05) is 6.26 Å². The first kappa shape index (κ1) is 19.7. The van der Waals surface area contributed by atoms with Crippen LogP contribution in [0.25, 0.3) is 6.08 Å². The van der Waals surface area contributed by atoms with Gasteiger partial charge in [0.1, 0.15) is 11.0 Å². The summed E-state index contributed by atoms with van der Waals surface area (Å²) in [5.74, 6) is -0.0718. The largest absolute Gasteiger partial charge is 0.486 e. The van der Waals surface area contributed by atoms with Crippen molar-refractivity contribution in [3.05, 3.63) is 69.9 Å². The minimum atomic E-state index is -0.454. The molecule has 0 radical (unpaired) electrons. The molecule has 0 spiro atoms. The van der Waals surface area contributed by atoms with E-state index in [1.165, 1.54) is 35.2 Å². The van der Waals surface area contributed by atoms with Gasteiger partial charge in [0.2, 0.25) is 0 Å². The van der Waals surface area contributed by atoms with Crippen LogP contribution in [0.15, 0.2) is 52.4 Å². The molecule has 0 aromatic heterocycles. The first-order valence-corrected chi connectivity index (χ1v) is 10.6. The smallest absolute Gasteiger partial charge is 0.285 e. The van der Waals surface area contributed by atoms with Crippen LogP contribution in [-0.2, 0) is 11.4 Å². The molecule has 0 N–H and O–H groups in total. The monoisotopic (exact) mass is 401 g/mol. The first-order chi connectivity index (χ1) is 13.0. The lowest BCUT2D eigenvalue weighted by molar-refractivity contribution is -0.113. The number of nitrogens with zero attached hydrogens (tertiary/aromatic N) is 1. The highest BCUT2D eigenvalue weighted by atomic mass is 32.2.